The molecule has 5 atom stereocenters. The lowest BCUT2D eigenvalue weighted by Crippen LogP contribution is -2.58. The fourth-order valence-corrected chi connectivity index (χ4v) is 4.66. The summed E-state index contributed by atoms with van der Waals surface area (Å²) < 4.78 is 0. The fourth-order valence-electron chi connectivity index (χ4n) is 4.47. The number of halogens is 1. The first kappa shape index (κ1) is 31.3. The van der Waals surface area contributed by atoms with Crippen LogP contribution in [0, 0.1) is 0 Å². The van der Waals surface area contributed by atoms with Crippen LogP contribution in [0.3, 0.4) is 0 Å². The smallest absolute Gasteiger partial charge is 0.245 e. The van der Waals surface area contributed by atoms with Crippen LogP contribution in [0.2, 0.25) is 5.02 Å². The second-order valence-electron chi connectivity index (χ2n) is 9.95. The van der Waals surface area contributed by atoms with Crippen molar-refractivity contribution in [2.45, 2.75) is 49.6 Å². The summed E-state index contributed by atoms with van der Waals surface area (Å²) in [6, 6.07) is 6.62. The Morgan fingerprint density at radius 2 is 1.70 bits per heavy atom. The standard InChI is InChI=1S/C27H37ClN6O6/c1-34-23(26(39)32-13-19(36)12-30)9-16-6-14(2-4-20(16)28)15-3-5-24(37)17(7-15)8-21(31)25(38)33-22(27(34)40)10-18(35)11-29/h2-7,18-19,21-23,35-37H,8-13,29-31H2,1H3,(H,32,39)(H,33,38)/t18-,19?,21+,22+,23+/m1/s1. The van der Waals surface area contributed by atoms with Gasteiger partial charge in [-0.3, -0.25) is 14.4 Å². The molecule has 0 fully saturated rings. The highest BCUT2D eigenvalue weighted by Crippen LogP contribution is 2.31. The average Bonchev–Trinajstić information content (AvgIpc) is 2.94. The van der Waals surface area contributed by atoms with Crippen molar-refractivity contribution >= 4 is 29.3 Å². The molecule has 218 valence electrons. The number of benzene rings is 2. The van der Waals surface area contributed by atoms with Gasteiger partial charge in [0.2, 0.25) is 17.7 Å². The maximum Gasteiger partial charge on any atom is 0.245 e. The number of hydrogen-bond acceptors (Lipinski definition) is 9. The Bertz CT molecular complexity index is 1230. The van der Waals surface area contributed by atoms with Crippen LogP contribution in [0.5, 0.6) is 5.75 Å². The van der Waals surface area contributed by atoms with Crippen molar-refractivity contribution in [3.63, 3.8) is 0 Å². The van der Waals surface area contributed by atoms with E-state index in [0.717, 1.165) is 5.56 Å². The van der Waals surface area contributed by atoms with E-state index in [0.29, 0.717) is 21.7 Å². The highest BCUT2D eigenvalue weighted by atomic mass is 35.5. The molecule has 1 aliphatic rings. The summed E-state index contributed by atoms with van der Waals surface area (Å²) in [7, 11) is 1.40. The summed E-state index contributed by atoms with van der Waals surface area (Å²) in [6.45, 7) is -0.383. The highest BCUT2D eigenvalue weighted by molar-refractivity contribution is 6.31. The fraction of sp³-hybridized carbons (Fsp3) is 0.444. The number of amides is 3. The minimum absolute atomic E-state index is 0.00989. The summed E-state index contributed by atoms with van der Waals surface area (Å²) in [6.07, 6.45) is -2.38. The molecule has 40 heavy (non-hydrogen) atoms. The van der Waals surface area contributed by atoms with Crippen LogP contribution < -0.4 is 27.8 Å². The second-order valence-corrected chi connectivity index (χ2v) is 10.4. The Balaban J connectivity index is 2.13. The van der Waals surface area contributed by atoms with E-state index >= 15 is 0 Å². The van der Waals surface area contributed by atoms with Gasteiger partial charge in [-0.1, -0.05) is 23.7 Å². The van der Waals surface area contributed by atoms with Crippen LogP contribution >= 0.6 is 11.6 Å². The van der Waals surface area contributed by atoms with Gasteiger partial charge >= 0.3 is 0 Å². The van der Waals surface area contributed by atoms with Crippen LogP contribution in [0.25, 0.3) is 11.1 Å². The molecule has 1 aliphatic heterocycles. The number of aromatic hydroxyl groups is 1. The monoisotopic (exact) mass is 576 g/mol. The minimum atomic E-state index is -1.26. The van der Waals surface area contributed by atoms with Crippen molar-refractivity contribution in [1.82, 2.24) is 15.5 Å². The Hall–Kier alpha value is -3.26. The van der Waals surface area contributed by atoms with Gasteiger partial charge in [0.25, 0.3) is 0 Å². The number of phenols is 1. The number of phenolic OH excluding ortho intramolecular Hbond substituents is 1. The maximum absolute atomic E-state index is 13.7. The van der Waals surface area contributed by atoms with Gasteiger partial charge in [-0.2, -0.15) is 0 Å². The minimum Gasteiger partial charge on any atom is -0.508 e. The second kappa shape index (κ2) is 13.9. The van der Waals surface area contributed by atoms with E-state index in [4.69, 9.17) is 28.8 Å². The Labute approximate surface area is 237 Å². The third-order valence-electron chi connectivity index (χ3n) is 6.94. The van der Waals surface area contributed by atoms with Gasteiger partial charge in [0.1, 0.15) is 17.8 Å². The van der Waals surface area contributed by atoms with Crippen molar-refractivity contribution in [3.05, 3.63) is 52.5 Å². The number of nitrogens with one attached hydrogen (secondary N) is 2. The van der Waals surface area contributed by atoms with E-state index in [2.05, 4.69) is 10.6 Å². The van der Waals surface area contributed by atoms with Gasteiger partial charge in [0.05, 0.1) is 18.2 Å². The number of carbonyl (C=O) groups excluding carboxylic acids is 3. The first-order valence-corrected chi connectivity index (χ1v) is 13.3. The molecule has 3 amide bonds. The lowest BCUT2D eigenvalue weighted by atomic mass is 9.95. The average molecular weight is 577 g/mol. The number of carbonyl (C=O) groups is 3. The van der Waals surface area contributed by atoms with Gasteiger partial charge in [-0.25, -0.2) is 0 Å². The number of fused-ring (bicyclic) bond motifs is 5. The molecule has 12 nitrogen and oxygen atoms in total. The lowest BCUT2D eigenvalue weighted by Gasteiger charge is -2.32. The molecule has 11 N–H and O–H groups in total. The van der Waals surface area contributed by atoms with E-state index < -0.39 is 48.1 Å². The number of rotatable bonds is 7. The third kappa shape index (κ3) is 7.68. The summed E-state index contributed by atoms with van der Waals surface area (Å²) in [4.78, 5) is 41.3. The van der Waals surface area contributed by atoms with Crippen LogP contribution in [-0.2, 0) is 27.2 Å². The molecule has 0 spiro atoms. The number of aliphatic hydroxyl groups is 2. The van der Waals surface area contributed by atoms with E-state index in [9.17, 15) is 29.7 Å². The summed E-state index contributed by atoms with van der Waals surface area (Å²) in [5.74, 6) is -1.99. The van der Waals surface area contributed by atoms with E-state index in [1.807, 2.05) is 0 Å². The molecule has 4 bridgehead atoms. The van der Waals surface area contributed by atoms with Gasteiger partial charge in [0.15, 0.2) is 0 Å². The summed E-state index contributed by atoms with van der Waals surface area (Å²) in [5, 5.41) is 36.1. The Kier molecular flexibility index (Phi) is 10.9. The third-order valence-corrected chi connectivity index (χ3v) is 7.31. The highest BCUT2D eigenvalue weighted by Gasteiger charge is 2.35. The van der Waals surface area contributed by atoms with Gasteiger partial charge in [-0.05, 0) is 46.5 Å². The Morgan fingerprint density at radius 3 is 2.35 bits per heavy atom. The number of hydrogen-bond donors (Lipinski definition) is 8. The molecule has 1 unspecified atom stereocenters. The molecule has 0 saturated carbocycles. The molecule has 13 heteroatoms. The number of aliphatic hydroxyl groups excluding tert-OH is 2. The van der Waals surface area contributed by atoms with Crippen molar-refractivity contribution in [3.8, 4) is 16.9 Å². The normalized spacial score (nSPS) is 21.6. The molecule has 0 aliphatic carbocycles. The predicted molar refractivity (Wildman–Crippen MR) is 150 cm³/mol. The van der Waals surface area contributed by atoms with Gasteiger partial charge < -0.3 is 48.1 Å². The van der Waals surface area contributed by atoms with E-state index in [1.54, 1.807) is 30.3 Å². The van der Waals surface area contributed by atoms with Crippen LogP contribution in [0.15, 0.2) is 36.4 Å². The molecular weight excluding hydrogens is 540 g/mol. The van der Waals surface area contributed by atoms with Gasteiger partial charge in [-0.15, -0.1) is 0 Å². The molecule has 2 aromatic carbocycles. The van der Waals surface area contributed by atoms with Crippen LogP contribution in [0.1, 0.15) is 17.5 Å². The first-order chi connectivity index (χ1) is 18.9. The summed E-state index contributed by atoms with van der Waals surface area (Å²) >= 11 is 6.52. The zero-order valence-electron chi connectivity index (χ0n) is 22.2. The van der Waals surface area contributed by atoms with E-state index in [-0.39, 0.29) is 44.6 Å². The molecule has 1 heterocycles. The Morgan fingerprint density at radius 1 is 1.07 bits per heavy atom. The lowest BCUT2D eigenvalue weighted by molar-refractivity contribution is -0.142. The van der Waals surface area contributed by atoms with Crippen LogP contribution in [0.4, 0.5) is 0 Å². The largest absolute Gasteiger partial charge is 0.508 e. The van der Waals surface area contributed by atoms with Crippen molar-refractivity contribution in [2.24, 2.45) is 17.2 Å². The molecule has 0 radical (unpaired) electrons. The first-order valence-electron chi connectivity index (χ1n) is 12.9. The molecular formula is C27H37ClN6O6. The van der Waals surface area contributed by atoms with Crippen LogP contribution in [-0.4, -0.2) is 95.0 Å². The zero-order chi connectivity index (χ0) is 29.6. The zero-order valence-corrected chi connectivity index (χ0v) is 23.0. The van der Waals surface area contributed by atoms with Crippen molar-refractivity contribution < 1.29 is 29.7 Å². The quantitative estimate of drug-likeness (QED) is 0.194. The van der Waals surface area contributed by atoms with E-state index in [1.165, 1.54) is 18.0 Å². The number of nitrogens with two attached hydrogens (primary N) is 3. The SMILES string of the molecule is CN1C(=O)[C@H](C[C@@H](O)CN)NC(=O)[C@@H](N)Cc2cc(ccc2O)-c2ccc(Cl)c(c2)C[C@H]1C(=O)NCC(O)CN. The topological polar surface area (TPSA) is 217 Å². The summed E-state index contributed by atoms with van der Waals surface area (Å²) in [5.41, 5.74) is 19.6. The van der Waals surface area contributed by atoms with Gasteiger partial charge in [0, 0.05) is 51.0 Å². The molecule has 2 aromatic rings. The number of likely N-dealkylation sites (N-methyl/N-ethyl adjacent to an activating group) is 1. The maximum atomic E-state index is 13.7. The molecule has 3 rings (SSSR count). The van der Waals surface area contributed by atoms with Crippen molar-refractivity contribution in [1.29, 1.82) is 0 Å². The molecule has 0 aromatic heterocycles. The number of nitrogens with zero attached hydrogens (tertiary/aromatic N) is 1. The molecule has 0 saturated heterocycles. The predicted octanol–water partition coefficient (Wildman–Crippen LogP) is -1.40. The van der Waals surface area contributed by atoms with Crippen molar-refractivity contribution in [2.75, 3.05) is 26.7 Å².